The van der Waals surface area contributed by atoms with Crippen molar-refractivity contribution in [3.63, 3.8) is 0 Å². The predicted molar refractivity (Wildman–Crippen MR) is 75.6 cm³/mol. The Morgan fingerprint density at radius 3 is 2.47 bits per heavy atom. The van der Waals surface area contributed by atoms with Gasteiger partial charge in [-0.05, 0) is 25.5 Å². The highest BCUT2D eigenvalue weighted by Gasteiger charge is 2.27. The third kappa shape index (κ3) is 5.09. The summed E-state index contributed by atoms with van der Waals surface area (Å²) in [7, 11) is 0. The second-order valence-corrected chi connectivity index (χ2v) is 4.76. The van der Waals surface area contributed by atoms with Crippen LogP contribution in [-0.4, -0.2) is 23.9 Å². The molecule has 1 aromatic carbocycles. The maximum Gasteiger partial charge on any atom is 0.243 e. The van der Waals surface area contributed by atoms with Crippen LogP contribution in [0.3, 0.4) is 0 Å². The monoisotopic (exact) mass is 263 g/mol. The van der Waals surface area contributed by atoms with Crippen molar-refractivity contribution in [1.82, 2.24) is 5.32 Å². The number of amides is 2. The maximum atomic E-state index is 11.8. The Morgan fingerprint density at radius 2 is 1.89 bits per heavy atom. The smallest absolute Gasteiger partial charge is 0.243 e. The first-order valence-corrected chi connectivity index (χ1v) is 6.38. The predicted octanol–water partition coefficient (Wildman–Crippen LogP) is 1.26. The average molecular weight is 263 g/mol. The lowest BCUT2D eigenvalue weighted by Gasteiger charge is -2.22. The number of hydrogen-bond acceptors (Lipinski definition) is 3. The molecule has 0 saturated heterocycles. The molecule has 0 aliphatic carbocycles. The fraction of sp³-hybridized carbons (Fsp3) is 0.429. The Hall–Kier alpha value is -1.88. The zero-order chi connectivity index (χ0) is 14.3. The summed E-state index contributed by atoms with van der Waals surface area (Å²) in [5, 5.41) is 5.24. The summed E-state index contributed by atoms with van der Waals surface area (Å²) >= 11 is 0. The molecule has 1 unspecified atom stereocenters. The number of carbonyl (C=O) groups is 2. The molecular weight excluding hydrogens is 242 g/mol. The molecule has 0 saturated carbocycles. The van der Waals surface area contributed by atoms with E-state index in [0.717, 1.165) is 6.42 Å². The van der Waals surface area contributed by atoms with Crippen LogP contribution in [0.15, 0.2) is 30.3 Å². The second kappa shape index (κ2) is 6.89. The van der Waals surface area contributed by atoms with Crippen molar-refractivity contribution in [1.29, 1.82) is 0 Å². The first-order valence-electron chi connectivity index (χ1n) is 6.38. The summed E-state index contributed by atoms with van der Waals surface area (Å²) in [4.78, 5) is 23.4. The Balaban J connectivity index is 2.40. The van der Waals surface area contributed by atoms with Crippen LogP contribution in [0, 0.1) is 0 Å². The van der Waals surface area contributed by atoms with Gasteiger partial charge in [0.25, 0.3) is 0 Å². The highest BCUT2D eigenvalue weighted by molar-refractivity contribution is 5.95. The van der Waals surface area contributed by atoms with Gasteiger partial charge >= 0.3 is 0 Å². The topological polar surface area (TPSA) is 84.2 Å². The normalized spacial score (nSPS) is 13.4. The molecule has 0 aromatic heterocycles. The van der Waals surface area contributed by atoms with E-state index in [-0.39, 0.29) is 18.4 Å². The van der Waals surface area contributed by atoms with Crippen molar-refractivity contribution in [2.45, 2.75) is 32.2 Å². The number of para-hydroxylation sites is 1. The van der Waals surface area contributed by atoms with E-state index in [1.54, 1.807) is 19.1 Å². The van der Waals surface area contributed by atoms with Crippen molar-refractivity contribution in [2.75, 3.05) is 11.9 Å². The van der Waals surface area contributed by atoms with Gasteiger partial charge in [0.05, 0.1) is 12.1 Å². The number of benzene rings is 1. The van der Waals surface area contributed by atoms with Crippen molar-refractivity contribution in [2.24, 2.45) is 5.73 Å². The zero-order valence-corrected chi connectivity index (χ0v) is 11.4. The lowest BCUT2D eigenvalue weighted by Crippen LogP contribution is -2.52. The van der Waals surface area contributed by atoms with Gasteiger partial charge in [0, 0.05) is 5.69 Å². The van der Waals surface area contributed by atoms with E-state index < -0.39 is 5.54 Å². The lowest BCUT2D eigenvalue weighted by molar-refractivity contribution is -0.128. The molecule has 1 rings (SSSR count). The van der Waals surface area contributed by atoms with Gasteiger partial charge in [0.1, 0.15) is 0 Å². The van der Waals surface area contributed by atoms with Crippen LogP contribution in [0.1, 0.15) is 26.7 Å². The summed E-state index contributed by atoms with van der Waals surface area (Å²) in [5.41, 5.74) is 5.64. The summed E-state index contributed by atoms with van der Waals surface area (Å²) < 4.78 is 0. The number of anilines is 1. The van der Waals surface area contributed by atoms with Crippen molar-refractivity contribution < 1.29 is 9.59 Å². The van der Waals surface area contributed by atoms with Gasteiger partial charge < -0.3 is 16.4 Å². The molecule has 4 N–H and O–H groups in total. The molecule has 0 aliphatic rings. The van der Waals surface area contributed by atoms with Crippen molar-refractivity contribution in [3.8, 4) is 0 Å². The molecular formula is C14H21N3O2. The third-order valence-corrected chi connectivity index (χ3v) is 2.76. The van der Waals surface area contributed by atoms with E-state index in [1.807, 2.05) is 25.1 Å². The SMILES string of the molecule is CCCC(C)(N)C(=O)NCC(=O)Nc1ccccc1. The molecule has 2 amide bonds. The van der Waals surface area contributed by atoms with Gasteiger partial charge in [-0.2, -0.15) is 0 Å². The van der Waals surface area contributed by atoms with Gasteiger partial charge in [-0.3, -0.25) is 9.59 Å². The van der Waals surface area contributed by atoms with Crippen molar-refractivity contribution >= 4 is 17.5 Å². The van der Waals surface area contributed by atoms with Gasteiger partial charge in [-0.15, -0.1) is 0 Å². The molecule has 0 bridgehead atoms. The van der Waals surface area contributed by atoms with Gasteiger partial charge in [0.15, 0.2) is 0 Å². The van der Waals surface area contributed by atoms with E-state index >= 15 is 0 Å². The minimum atomic E-state index is -0.929. The number of hydrogen-bond donors (Lipinski definition) is 3. The minimum Gasteiger partial charge on any atom is -0.345 e. The standard InChI is InChI=1S/C14H21N3O2/c1-3-9-14(2,15)13(19)16-10-12(18)17-11-7-5-4-6-8-11/h4-8H,3,9-10,15H2,1-2H3,(H,16,19)(H,17,18). The van der Waals surface area contributed by atoms with E-state index in [9.17, 15) is 9.59 Å². The highest BCUT2D eigenvalue weighted by Crippen LogP contribution is 2.08. The summed E-state index contributed by atoms with van der Waals surface area (Å²) in [6, 6.07) is 9.08. The van der Waals surface area contributed by atoms with Gasteiger partial charge in [-0.1, -0.05) is 31.5 Å². The second-order valence-electron chi connectivity index (χ2n) is 4.76. The van der Waals surface area contributed by atoms with Crippen LogP contribution in [0.2, 0.25) is 0 Å². The van der Waals surface area contributed by atoms with Gasteiger partial charge in [0.2, 0.25) is 11.8 Å². The Labute approximate surface area is 113 Å². The summed E-state index contributed by atoms with van der Waals surface area (Å²) in [6.07, 6.45) is 1.40. The van der Waals surface area contributed by atoms with Gasteiger partial charge in [-0.25, -0.2) is 0 Å². The molecule has 5 nitrogen and oxygen atoms in total. The molecule has 1 atom stereocenters. The van der Waals surface area contributed by atoms with Crippen LogP contribution in [0.25, 0.3) is 0 Å². The first kappa shape index (κ1) is 15.2. The molecule has 0 fully saturated rings. The highest BCUT2D eigenvalue weighted by atomic mass is 16.2. The molecule has 5 heteroatoms. The third-order valence-electron chi connectivity index (χ3n) is 2.76. The molecule has 0 heterocycles. The minimum absolute atomic E-state index is 0.0791. The van der Waals surface area contributed by atoms with Crippen LogP contribution >= 0.6 is 0 Å². The van der Waals surface area contributed by atoms with E-state index in [1.165, 1.54) is 0 Å². The summed E-state index contributed by atoms with van der Waals surface area (Å²) in [5.74, 6) is -0.579. The maximum absolute atomic E-state index is 11.8. The molecule has 1 aromatic rings. The zero-order valence-electron chi connectivity index (χ0n) is 11.4. The van der Waals surface area contributed by atoms with E-state index in [2.05, 4.69) is 10.6 Å². The molecule has 19 heavy (non-hydrogen) atoms. The number of nitrogens with two attached hydrogens (primary N) is 1. The van der Waals surface area contributed by atoms with Crippen LogP contribution in [0.4, 0.5) is 5.69 Å². The number of carbonyl (C=O) groups excluding carboxylic acids is 2. The lowest BCUT2D eigenvalue weighted by atomic mass is 9.96. The fourth-order valence-electron chi connectivity index (χ4n) is 1.72. The van der Waals surface area contributed by atoms with Crippen LogP contribution in [-0.2, 0) is 9.59 Å². The first-order chi connectivity index (χ1) is 8.95. The molecule has 0 spiro atoms. The van der Waals surface area contributed by atoms with E-state index in [0.29, 0.717) is 12.1 Å². The van der Waals surface area contributed by atoms with Crippen LogP contribution < -0.4 is 16.4 Å². The van der Waals surface area contributed by atoms with E-state index in [4.69, 9.17) is 5.73 Å². The Kier molecular flexibility index (Phi) is 5.51. The fourth-order valence-corrected chi connectivity index (χ4v) is 1.72. The average Bonchev–Trinajstić information content (AvgIpc) is 2.37. The Bertz CT molecular complexity index is 430. The van der Waals surface area contributed by atoms with Crippen molar-refractivity contribution in [3.05, 3.63) is 30.3 Å². The quantitative estimate of drug-likeness (QED) is 0.722. The molecule has 0 aliphatic heterocycles. The van der Waals surface area contributed by atoms with Crippen LogP contribution in [0.5, 0.6) is 0 Å². The molecule has 104 valence electrons. The number of nitrogens with one attached hydrogen (secondary N) is 2. The molecule has 0 radical (unpaired) electrons. The largest absolute Gasteiger partial charge is 0.345 e. The summed E-state index contributed by atoms with van der Waals surface area (Å²) in [6.45, 7) is 3.55. The Morgan fingerprint density at radius 1 is 1.26 bits per heavy atom. The number of rotatable bonds is 6.